The van der Waals surface area contributed by atoms with E-state index in [0.29, 0.717) is 6.54 Å². The monoisotopic (exact) mass is 324 g/mol. The molecule has 0 aromatic carbocycles. The molecule has 17 heavy (non-hydrogen) atoms. The van der Waals surface area contributed by atoms with Gasteiger partial charge in [0, 0.05) is 12.6 Å². The zero-order valence-corrected chi connectivity index (χ0v) is 11.8. The predicted molar refractivity (Wildman–Crippen MR) is 65.0 cm³/mol. The summed E-state index contributed by atoms with van der Waals surface area (Å²) in [5.41, 5.74) is 0. The normalized spacial score (nSPS) is 11.8. The van der Waals surface area contributed by atoms with Crippen LogP contribution in [0.5, 0.6) is 0 Å². The van der Waals surface area contributed by atoms with Crippen LogP contribution in [0, 0.1) is 5.92 Å². The van der Waals surface area contributed by atoms with Crippen LogP contribution in [0.2, 0.25) is 0 Å². The standard InChI is InChI=1S/C9H13BrN2O4S/c1-5(2)4-12-9(13)6-3-7(8(10)16-6)17(11,14)15/h3,5H,4H2,1-2H3,(H,12,13)(H2,11,14,15). The van der Waals surface area contributed by atoms with Crippen LogP contribution >= 0.6 is 15.9 Å². The molecule has 0 atom stereocenters. The summed E-state index contributed by atoms with van der Waals surface area (Å²) in [6.07, 6.45) is 0. The number of carbonyl (C=O) groups is 1. The van der Waals surface area contributed by atoms with Gasteiger partial charge < -0.3 is 9.73 Å². The number of halogens is 1. The highest BCUT2D eigenvalue weighted by atomic mass is 79.9. The number of hydrogen-bond donors (Lipinski definition) is 2. The molecule has 3 N–H and O–H groups in total. The highest BCUT2D eigenvalue weighted by Crippen LogP contribution is 2.24. The predicted octanol–water partition coefficient (Wildman–Crippen LogP) is 1.08. The van der Waals surface area contributed by atoms with E-state index in [4.69, 9.17) is 9.56 Å². The maximum atomic E-state index is 11.6. The maximum Gasteiger partial charge on any atom is 0.287 e. The second kappa shape index (κ2) is 5.19. The summed E-state index contributed by atoms with van der Waals surface area (Å²) in [6, 6.07) is 1.09. The van der Waals surface area contributed by atoms with Crippen molar-refractivity contribution in [1.82, 2.24) is 5.32 Å². The van der Waals surface area contributed by atoms with E-state index in [1.807, 2.05) is 13.8 Å². The molecule has 0 saturated heterocycles. The van der Waals surface area contributed by atoms with Gasteiger partial charge in [-0.15, -0.1) is 0 Å². The van der Waals surface area contributed by atoms with Crippen molar-refractivity contribution in [2.24, 2.45) is 11.1 Å². The molecule has 0 aliphatic rings. The summed E-state index contributed by atoms with van der Waals surface area (Å²) in [5.74, 6) is -0.286. The summed E-state index contributed by atoms with van der Waals surface area (Å²) in [4.78, 5) is 11.3. The molecular formula is C9H13BrN2O4S. The fraction of sp³-hybridized carbons (Fsp3) is 0.444. The summed E-state index contributed by atoms with van der Waals surface area (Å²) >= 11 is 2.90. The number of amides is 1. The Morgan fingerprint density at radius 1 is 1.59 bits per heavy atom. The van der Waals surface area contributed by atoms with Gasteiger partial charge in [0.1, 0.15) is 4.90 Å². The van der Waals surface area contributed by atoms with Crippen LogP contribution < -0.4 is 10.5 Å². The molecule has 0 saturated carbocycles. The Bertz CT molecular complexity index is 521. The van der Waals surface area contributed by atoms with Gasteiger partial charge in [-0.1, -0.05) is 13.8 Å². The third kappa shape index (κ3) is 3.83. The largest absolute Gasteiger partial charge is 0.443 e. The minimum Gasteiger partial charge on any atom is -0.443 e. The van der Waals surface area contributed by atoms with E-state index in [1.54, 1.807) is 0 Å². The van der Waals surface area contributed by atoms with Crippen molar-refractivity contribution in [3.8, 4) is 0 Å². The number of rotatable bonds is 4. The van der Waals surface area contributed by atoms with Crippen molar-refractivity contribution >= 4 is 31.9 Å². The third-order valence-corrected chi connectivity index (χ3v) is 3.62. The number of hydrogen-bond acceptors (Lipinski definition) is 4. The average molecular weight is 325 g/mol. The molecule has 0 unspecified atom stereocenters. The molecule has 8 heteroatoms. The minimum absolute atomic E-state index is 0.0744. The highest BCUT2D eigenvalue weighted by Gasteiger charge is 2.21. The zero-order valence-electron chi connectivity index (χ0n) is 9.36. The van der Waals surface area contributed by atoms with E-state index in [0.717, 1.165) is 6.07 Å². The first-order valence-electron chi connectivity index (χ1n) is 4.82. The van der Waals surface area contributed by atoms with E-state index in [2.05, 4.69) is 21.2 Å². The topological polar surface area (TPSA) is 102 Å². The Balaban J connectivity index is 2.91. The molecule has 1 aromatic heterocycles. The van der Waals surface area contributed by atoms with Gasteiger partial charge in [-0.2, -0.15) is 0 Å². The lowest BCUT2D eigenvalue weighted by Crippen LogP contribution is -2.26. The molecule has 0 spiro atoms. The number of furan rings is 1. The fourth-order valence-electron chi connectivity index (χ4n) is 1.04. The number of nitrogens with two attached hydrogens (primary N) is 1. The van der Waals surface area contributed by atoms with Crippen molar-refractivity contribution in [3.05, 3.63) is 16.5 Å². The molecule has 6 nitrogen and oxygen atoms in total. The molecule has 0 aliphatic heterocycles. The second-order valence-corrected chi connectivity index (χ2v) is 6.15. The molecule has 0 bridgehead atoms. The lowest BCUT2D eigenvalue weighted by Gasteiger charge is -2.04. The van der Waals surface area contributed by atoms with Gasteiger partial charge in [-0.25, -0.2) is 13.6 Å². The number of nitrogens with one attached hydrogen (secondary N) is 1. The van der Waals surface area contributed by atoms with Crippen molar-refractivity contribution < 1.29 is 17.6 Å². The third-order valence-electron chi connectivity index (χ3n) is 1.86. The Morgan fingerprint density at radius 2 is 2.18 bits per heavy atom. The second-order valence-electron chi connectivity index (χ2n) is 3.90. The molecule has 1 amide bonds. The van der Waals surface area contributed by atoms with Gasteiger partial charge in [-0.05, 0) is 21.8 Å². The van der Waals surface area contributed by atoms with Gasteiger partial charge in [0.25, 0.3) is 5.91 Å². The fourth-order valence-corrected chi connectivity index (χ4v) is 2.54. The molecule has 0 radical (unpaired) electrons. The maximum absolute atomic E-state index is 11.6. The Morgan fingerprint density at radius 3 is 2.59 bits per heavy atom. The summed E-state index contributed by atoms with van der Waals surface area (Å²) in [6.45, 7) is 4.35. The van der Waals surface area contributed by atoms with E-state index in [1.165, 1.54) is 0 Å². The Labute approximate surface area is 108 Å². The molecule has 0 aliphatic carbocycles. The molecule has 0 fully saturated rings. The molecular weight excluding hydrogens is 312 g/mol. The lowest BCUT2D eigenvalue weighted by atomic mass is 10.2. The SMILES string of the molecule is CC(C)CNC(=O)c1cc(S(N)(=O)=O)c(Br)o1. The smallest absolute Gasteiger partial charge is 0.287 e. The number of sulfonamides is 1. The van der Waals surface area contributed by atoms with Gasteiger partial charge >= 0.3 is 0 Å². The van der Waals surface area contributed by atoms with E-state index in [-0.39, 0.29) is 21.2 Å². The quantitative estimate of drug-likeness (QED) is 0.864. The van der Waals surface area contributed by atoms with Crippen LogP contribution in [0.3, 0.4) is 0 Å². The van der Waals surface area contributed by atoms with Gasteiger partial charge in [0.15, 0.2) is 10.4 Å². The van der Waals surface area contributed by atoms with E-state index < -0.39 is 15.9 Å². The van der Waals surface area contributed by atoms with E-state index >= 15 is 0 Å². The first-order valence-corrected chi connectivity index (χ1v) is 7.16. The molecule has 1 rings (SSSR count). The number of carbonyl (C=O) groups excluding carboxylic acids is 1. The first-order chi connectivity index (χ1) is 7.71. The minimum atomic E-state index is -3.90. The summed E-state index contributed by atoms with van der Waals surface area (Å²) in [7, 11) is -3.90. The molecule has 96 valence electrons. The number of primary sulfonamides is 1. The summed E-state index contributed by atoms with van der Waals surface area (Å²) < 4.78 is 27.1. The van der Waals surface area contributed by atoms with Crippen LogP contribution in [0.25, 0.3) is 0 Å². The van der Waals surface area contributed by atoms with Crippen LogP contribution in [-0.2, 0) is 10.0 Å². The van der Waals surface area contributed by atoms with Crippen LogP contribution in [-0.4, -0.2) is 20.9 Å². The molecule has 1 heterocycles. The zero-order chi connectivity index (χ0) is 13.2. The van der Waals surface area contributed by atoms with Crippen LogP contribution in [0.4, 0.5) is 0 Å². The average Bonchev–Trinajstić information content (AvgIpc) is 2.56. The highest BCUT2D eigenvalue weighted by molar-refractivity contribution is 9.10. The lowest BCUT2D eigenvalue weighted by molar-refractivity contribution is 0.0920. The van der Waals surface area contributed by atoms with Gasteiger partial charge in [-0.3, -0.25) is 4.79 Å². The first kappa shape index (κ1) is 14.2. The molecule has 1 aromatic rings. The van der Waals surface area contributed by atoms with Gasteiger partial charge in [0.05, 0.1) is 0 Å². The van der Waals surface area contributed by atoms with Crippen molar-refractivity contribution in [2.45, 2.75) is 18.7 Å². The van der Waals surface area contributed by atoms with Crippen molar-refractivity contribution in [1.29, 1.82) is 0 Å². The van der Waals surface area contributed by atoms with E-state index in [9.17, 15) is 13.2 Å². The van der Waals surface area contributed by atoms with Crippen LogP contribution in [0.15, 0.2) is 20.0 Å². The van der Waals surface area contributed by atoms with Crippen molar-refractivity contribution in [3.63, 3.8) is 0 Å². The van der Waals surface area contributed by atoms with Crippen molar-refractivity contribution in [2.75, 3.05) is 6.54 Å². The Kier molecular flexibility index (Phi) is 4.34. The van der Waals surface area contributed by atoms with Crippen LogP contribution in [0.1, 0.15) is 24.4 Å². The summed E-state index contributed by atoms with van der Waals surface area (Å²) in [5, 5.41) is 7.55. The Hall–Kier alpha value is -0.860. The van der Waals surface area contributed by atoms with Gasteiger partial charge in [0.2, 0.25) is 10.0 Å².